The van der Waals surface area contributed by atoms with Crippen molar-refractivity contribution in [1.29, 1.82) is 0 Å². The maximum Gasteiger partial charge on any atom is 0.501 e. The number of alkyl halides is 3. The zero-order valence-electron chi connectivity index (χ0n) is 14.6. The van der Waals surface area contributed by atoms with Crippen molar-refractivity contribution in [2.24, 2.45) is 5.14 Å². The van der Waals surface area contributed by atoms with E-state index in [2.05, 4.69) is 5.32 Å². The second-order valence-corrected chi connectivity index (χ2v) is 8.68. The number of sulfonamides is 1. The molecule has 0 aliphatic carbocycles. The smallest absolute Gasteiger partial charge is 0.384 e. The molecule has 0 saturated heterocycles. The van der Waals surface area contributed by atoms with Gasteiger partial charge in [0.05, 0.1) is 10.6 Å². The summed E-state index contributed by atoms with van der Waals surface area (Å²) in [5.74, 6) is 0. The molecule has 0 heterocycles. The molecule has 0 aromatic heterocycles. The molecule has 0 atom stereocenters. The van der Waals surface area contributed by atoms with Crippen molar-refractivity contribution in [3.8, 4) is 0 Å². The molecule has 0 fully saturated rings. The molecule has 156 valence electrons. The highest BCUT2D eigenvalue weighted by Gasteiger charge is 2.48. The molecule has 27 heavy (non-hydrogen) atoms. The van der Waals surface area contributed by atoms with Crippen molar-refractivity contribution in [3.05, 3.63) is 18.2 Å². The first kappa shape index (κ1) is 23.6. The highest BCUT2D eigenvalue weighted by atomic mass is 32.2. The van der Waals surface area contributed by atoms with Crippen LogP contribution in [0.1, 0.15) is 20.3 Å². The lowest BCUT2D eigenvalue weighted by Gasteiger charge is -2.19. The van der Waals surface area contributed by atoms with Gasteiger partial charge < -0.3 is 14.8 Å². The molecule has 0 saturated carbocycles. The summed E-state index contributed by atoms with van der Waals surface area (Å²) in [5, 5.41) is 7.42. The first-order valence-electron chi connectivity index (χ1n) is 7.79. The van der Waals surface area contributed by atoms with Gasteiger partial charge in [0.2, 0.25) is 10.0 Å². The van der Waals surface area contributed by atoms with Gasteiger partial charge in [0, 0.05) is 26.2 Å². The fourth-order valence-corrected chi connectivity index (χ4v) is 3.66. The lowest BCUT2D eigenvalue weighted by Crippen LogP contribution is -2.26. The molecular formula is C14H21F3N2O6S2. The zero-order valence-corrected chi connectivity index (χ0v) is 16.2. The van der Waals surface area contributed by atoms with Crippen molar-refractivity contribution in [1.82, 2.24) is 0 Å². The van der Waals surface area contributed by atoms with Crippen LogP contribution >= 0.6 is 0 Å². The third-order valence-electron chi connectivity index (χ3n) is 3.28. The molecule has 1 aromatic rings. The number of nitrogens with one attached hydrogen (secondary N) is 1. The monoisotopic (exact) mass is 434 g/mol. The van der Waals surface area contributed by atoms with E-state index in [0.29, 0.717) is 19.3 Å². The standard InChI is InChI=1S/C14H21F3N2O6S2/c1-3-24-13(25-4-2)7-8-19-11-6-5-10(27(18,22)23)9-12(11)26(20,21)14(15,16)17/h5-6,9,13,19H,3-4,7-8H2,1-2H3,(H2,18,22,23). The largest absolute Gasteiger partial charge is 0.501 e. The number of sulfone groups is 1. The number of hydrogen-bond acceptors (Lipinski definition) is 7. The lowest BCUT2D eigenvalue weighted by molar-refractivity contribution is -0.137. The van der Waals surface area contributed by atoms with Crippen molar-refractivity contribution < 1.29 is 39.5 Å². The molecule has 0 radical (unpaired) electrons. The van der Waals surface area contributed by atoms with Crippen molar-refractivity contribution in [3.63, 3.8) is 0 Å². The molecule has 0 aliphatic heterocycles. The molecule has 8 nitrogen and oxygen atoms in total. The number of halogens is 3. The van der Waals surface area contributed by atoms with Crippen molar-refractivity contribution in [2.45, 2.75) is 41.9 Å². The minimum Gasteiger partial charge on any atom is -0.384 e. The summed E-state index contributed by atoms with van der Waals surface area (Å²) in [5.41, 5.74) is -6.02. The number of rotatable bonds is 10. The summed E-state index contributed by atoms with van der Waals surface area (Å²) >= 11 is 0. The average molecular weight is 434 g/mol. The second kappa shape index (κ2) is 9.19. The first-order valence-corrected chi connectivity index (χ1v) is 10.8. The minimum atomic E-state index is -5.81. The molecule has 3 N–H and O–H groups in total. The van der Waals surface area contributed by atoms with Gasteiger partial charge in [-0.3, -0.25) is 0 Å². The van der Waals surface area contributed by atoms with Gasteiger partial charge in [0.15, 0.2) is 6.29 Å². The van der Waals surface area contributed by atoms with Crippen LogP contribution < -0.4 is 10.5 Å². The van der Waals surface area contributed by atoms with Gasteiger partial charge in [-0.15, -0.1) is 0 Å². The van der Waals surface area contributed by atoms with Crippen LogP contribution in [0.3, 0.4) is 0 Å². The van der Waals surface area contributed by atoms with Crippen LogP contribution in [0.15, 0.2) is 28.0 Å². The topological polar surface area (TPSA) is 125 Å². The van der Waals surface area contributed by atoms with E-state index in [0.717, 1.165) is 12.1 Å². The Morgan fingerprint density at radius 1 is 1.11 bits per heavy atom. The predicted molar refractivity (Wildman–Crippen MR) is 91.2 cm³/mol. The first-order chi connectivity index (χ1) is 12.3. The zero-order chi connectivity index (χ0) is 20.9. The van der Waals surface area contributed by atoms with Crippen molar-refractivity contribution in [2.75, 3.05) is 25.1 Å². The Hall–Kier alpha value is -1.41. The fraction of sp³-hybridized carbons (Fsp3) is 0.571. The van der Waals surface area contributed by atoms with Gasteiger partial charge in [-0.2, -0.15) is 13.2 Å². The highest BCUT2D eigenvalue weighted by Crippen LogP contribution is 2.35. The molecule has 1 rings (SSSR count). The summed E-state index contributed by atoms with van der Waals surface area (Å²) < 4.78 is 95.7. The Balaban J connectivity index is 3.20. The van der Waals surface area contributed by atoms with Crippen LogP contribution in [-0.4, -0.2) is 48.4 Å². The summed E-state index contributed by atoms with van der Waals surface area (Å²) in [6.07, 6.45) is -0.414. The highest BCUT2D eigenvalue weighted by molar-refractivity contribution is 7.92. The van der Waals surface area contributed by atoms with Gasteiger partial charge in [0.25, 0.3) is 9.84 Å². The molecule has 0 bridgehead atoms. The van der Waals surface area contributed by atoms with Gasteiger partial charge in [0.1, 0.15) is 4.90 Å². The Bertz CT molecular complexity index is 835. The number of ether oxygens (including phenoxy) is 2. The summed E-state index contributed by atoms with van der Waals surface area (Å²) in [6, 6.07) is 2.20. The van der Waals surface area contributed by atoms with E-state index in [1.165, 1.54) is 0 Å². The van der Waals surface area contributed by atoms with Gasteiger partial charge in [-0.1, -0.05) is 0 Å². The normalized spacial score (nSPS) is 13.1. The number of hydrogen-bond donors (Lipinski definition) is 2. The maximum atomic E-state index is 12.9. The molecule has 1 aromatic carbocycles. The number of primary sulfonamides is 1. The Morgan fingerprint density at radius 3 is 2.11 bits per heavy atom. The quantitative estimate of drug-likeness (QED) is 0.538. The van der Waals surface area contributed by atoms with Gasteiger partial charge >= 0.3 is 5.51 Å². The van der Waals surface area contributed by atoms with E-state index in [1.54, 1.807) is 13.8 Å². The van der Waals surface area contributed by atoms with E-state index in [1.807, 2.05) is 0 Å². The van der Waals surface area contributed by atoms with Gasteiger partial charge in [-0.25, -0.2) is 22.0 Å². The maximum absolute atomic E-state index is 12.9. The summed E-state index contributed by atoms with van der Waals surface area (Å²) in [7, 11) is -10.2. The Labute approximate surface area is 155 Å². The molecule has 0 unspecified atom stereocenters. The molecule has 0 aliphatic rings. The van der Waals surface area contributed by atoms with E-state index < -0.39 is 47.1 Å². The van der Waals surface area contributed by atoms with Crippen molar-refractivity contribution >= 4 is 25.5 Å². The molecule has 0 amide bonds. The second-order valence-electron chi connectivity index (χ2n) is 5.21. The molecule has 0 spiro atoms. The van der Waals surface area contributed by atoms with E-state index >= 15 is 0 Å². The molecule has 13 heteroatoms. The van der Waals surface area contributed by atoms with Crippen LogP contribution in [0.4, 0.5) is 18.9 Å². The van der Waals surface area contributed by atoms with Crippen LogP contribution in [0.2, 0.25) is 0 Å². The SMILES string of the molecule is CCOC(CCNc1ccc(S(N)(=O)=O)cc1S(=O)(=O)C(F)(F)F)OCC. The van der Waals surface area contributed by atoms with E-state index in [9.17, 15) is 30.0 Å². The van der Waals surface area contributed by atoms with E-state index in [4.69, 9.17) is 14.6 Å². The number of anilines is 1. The van der Waals surface area contributed by atoms with Crippen LogP contribution in [0.5, 0.6) is 0 Å². The third kappa shape index (κ3) is 6.31. The predicted octanol–water partition coefficient (Wildman–Crippen LogP) is 1.83. The fourth-order valence-electron chi connectivity index (χ4n) is 2.08. The van der Waals surface area contributed by atoms with Gasteiger partial charge in [-0.05, 0) is 32.0 Å². The Kier molecular flexibility index (Phi) is 8.04. The van der Waals surface area contributed by atoms with E-state index in [-0.39, 0.29) is 13.0 Å². The van der Waals surface area contributed by atoms with Crippen LogP contribution in [0.25, 0.3) is 0 Å². The summed E-state index contributed by atoms with van der Waals surface area (Å²) in [6.45, 7) is 4.18. The molecular weight excluding hydrogens is 413 g/mol. The van der Waals surface area contributed by atoms with Crippen LogP contribution in [-0.2, 0) is 29.3 Å². The number of benzene rings is 1. The minimum absolute atomic E-state index is 0.0137. The summed E-state index contributed by atoms with van der Waals surface area (Å²) in [4.78, 5) is -1.98. The average Bonchev–Trinajstić information content (AvgIpc) is 2.53. The Morgan fingerprint density at radius 2 is 1.67 bits per heavy atom. The van der Waals surface area contributed by atoms with Crippen LogP contribution in [0, 0.1) is 0 Å². The number of nitrogens with two attached hydrogens (primary N) is 1. The lowest BCUT2D eigenvalue weighted by atomic mass is 10.3. The third-order valence-corrected chi connectivity index (χ3v) is 5.71.